The molecule has 1 fully saturated rings. The summed E-state index contributed by atoms with van der Waals surface area (Å²) in [5.74, 6) is -0.441. The third-order valence-corrected chi connectivity index (χ3v) is 3.52. The number of nitrogen functional groups attached to an aromatic ring is 1. The van der Waals surface area contributed by atoms with Crippen LogP contribution in [0.15, 0.2) is 27.5 Å². The molecule has 0 radical (unpaired) electrons. The van der Waals surface area contributed by atoms with Crippen molar-refractivity contribution >= 4 is 23.9 Å². The average Bonchev–Trinajstić information content (AvgIpc) is 3.13. The number of aromatic nitrogens is 3. The second-order valence-corrected chi connectivity index (χ2v) is 5.38. The van der Waals surface area contributed by atoms with E-state index in [9.17, 15) is 14.4 Å². The number of aliphatic hydroxyl groups excluding tert-OH is 1. The van der Waals surface area contributed by atoms with Gasteiger partial charge in [0.1, 0.15) is 6.29 Å². The van der Waals surface area contributed by atoms with E-state index in [0.717, 1.165) is 26.2 Å². The van der Waals surface area contributed by atoms with Crippen LogP contribution in [0.2, 0.25) is 0 Å². The first kappa shape index (κ1) is 21.0. The molecule has 2 heterocycles. The van der Waals surface area contributed by atoms with E-state index < -0.39 is 5.91 Å². The summed E-state index contributed by atoms with van der Waals surface area (Å²) in [4.78, 5) is 34.8. The first-order valence-corrected chi connectivity index (χ1v) is 8.07. The fraction of sp³-hybridized carbons (Fsp3) is 0.438. The van der Waals surface area contributed by atoms with Gasteiger partial charge in [0.25, 0.3) is 0 Å². The number of aromatic amines is 1. The monoisotopic (exact) mass is 365 g/mol. The van der Waals surface area contributed by atoms with Gasteiger partial charge < -0.3 is 30.4 Å². The molecule has 2 aromatic heterocycles. The Hall–Kier alpha value is -3.01. The van der Waals surface area contributed by atoms with Crippen LogP contribution in [-0.4, -0.2) is 39.6 Å². The predicted octanol–water partition coefficient (Wildman–Crippen LogP) is 0.966. The number of H-pyrrole nitrogens is 1. The van der Waals surface area contributed by atoms with Crippen molar-refractivity contribution in [2.45, 2.75) is 32.1 Å². The van der Waals surface area contributed by atoms with Gasteiger partial charge in [-0.25, -0.2) is 0 Å². The molecule has 5 N–H and O–H groups in total. The largest absolute Gasteiger partial charge is 0.400 e. The molecule has 0 aliphatic heterocycles. The number of rotatable bonds is 3. The van der Waals surface area contributed by atoms with E-state index in [-0.39, 0.29) is 17.5 Å². The van der Waals surface area contributed by atoms with Gasteiger partial charge in [-0.15, -0.1) is 5.10 Å². The Bertz CT molecular complexity index is 716. The van der Waals surface area contributed by atoms with Crippen molar-refractivity contribution in [2.24, 2.45) is 5.92 Å². The van der Waals surface area contributed by atoms with E-state index in [4.69, 9.17) is 15.3 Å². The quantitative estimate of drug-likeness (QED) is 0.584. The number of nitrogens with two attached hydrogens (primary N) is 1. The standard InChI is InChI=1S/C8H7N5O3.C7H12O.CH4O/c9-8-13-12-7(16-8)6(15)11-4-1-2-5(14)10-3-4;8-6-7-4-2-1-3-5-7;1-2/h1-3H,(H2,9,13)(H,10,14)(H,11,15);6-7H,1-5H2;2H,1H3. The molecule has 0 saturated heterocycles. The van der Waals surface area contributed by atoms with E-state index in [1.54, 1.807) is 0 Å². The van der Waals surface area contributed by atoms with Crippen molar-refractivity contribution in [3.63, 3.8) is 0 Å². The molecule has 0 bridgehead atoms. The number of hydrogen-bond acceptors (Lipinski definition) is 8. The predicted molar refractivity (Wildman–Crippen MR) is 94.5 cm³/mol. The number of aliphatic hydroxyl groups is 1. The highest BCUT2D eigenvalue weighted by atomic mass is 16.4. The molecule has 142 valence electrons. The Labute approximate surface area is 149 Å². The number of nitrogens with zero attached hydrogens (tertiary/aromatic N) is 2. The summed E-state index contributed by atoms with van der Waals surface area (Å²) in [6.45, 7) is 0. The number of nitrogens with one attached hydrogen (secondary N) is 2. The molecule has 26 heavy (non-hydrogen) atoms. The van der Waals surface area contributed by atoms with Crippen molar-refractivity contribution in [2.75, 3.05) is 18.2 Å². The molecule has 1 saturated carbocycles. The third-order valence-electron chi connectivity index (χ3n) is 3.52. The number of amides is 1. The maximum absolute atomic E-state index is 11.5. The molecular formula is C16H23N5O5. The van der Waals surface area contributed by atoms with Gasteiger partial charge in [-0.2, -0.15) is 0 Å². The topological polar surface area (TPSA) is 164 Å². The Kier molecular flexibility index (Phi) is 9.33. The number of anilines is 2. The maximum atomic E-state index is 11.5. The second-order valence-electron chi connectivity index (χ2n) is 5.38. The highest BCUT2D eigenvalue weighted by molar-refractivity contribution is 6.00. The Morgan fingerprint density at radius 1 is 1.31 bits per heavy atom. The highest BCUT2D eigenvalue weighted by Gasteiger charge is 2.13. The molecule has 0 unspecified atom stereocenters. The van der Waals surface area contributed by atoms with Crippen LogP contribution >= 0.6 is 0 Å². The summed E-state index contributed by atoms with van der Waals surface area (Å²) in [6.07, 6.45) is 8.61. The smallest absolute Gasteiger partial charge is 0.313 e. The van der Waals surface area contributed by atoms with Crippen molar-refractivity contribution < 1.29 is 19.1 Å². The van der Waals surface area contributed by atoms with Gasteiger partial charge >= 0.3 is 17.8 Å². The minimum atomic E-state index is -0.601. The summed E-state index contributed by atoms with van der Waals surface area (Å²) in [6, 6.07) is 2.53. The number of carbonyl (C=O) groups excluding carboxylic acids is 2. The van der Waals surface area contributed by atoms with Crippen LogP contribution in [0.5, 0.6) is 0 Å². The minimum absolute atomic E-state index is 0.188. The third kappa shape index (κ3) is 7.26. The molecule has 1 aliphatic carbocycles. The Morgan fingerprint density at radius 3 is 2.46 bits per heavy atom. The van der Waals surface area contributed by atoms with E-state index in [2.05, 4.69) is 20.5 Å². The van der Waals surface area contributed by atoms with Crippen molar-refractivity contribution in [3.8, 4) is 0 Å². The summed E-state index contributed by atoms with van der Waals surface area (Å²) < 4.78 is 4.71. The molecule has 3 rings (SSSR count). The molecule has 0 spiro atoms. The molecule has 10 heteroatoms. The molecule has 2 aromatic rings. The lowest BCUT2D eigenvalue weighted by atomic mass is 9.91. The number of pyridine rings is 1. The molecule has 1 aliphatic rings. The maximum Gasteiger partial charge on any atom is 0.313 e. The van der Waals surface area contributed by atoms with Gasteiger partial charge in [-0.3, -0.25) is 9.59 Å². The van der Waals surface area contributed by atoms with Crippen molar-refractivity contribution in [3.05, 3.63) is 34.6 Å². The molecule has 10 nitrogen and oxygen atoms in total. The zero-order chi connectivity index (χ0) is 19.4. The van der Waals surface area contributed by atoms with Gasteiger partial charge in [0.2, 0.25) is 5.56 Å². The van der Waals surface area contributed by atoms with E-state index >= 15 is 0 Å². The molecule has 0 aromatic carbocycles. The lowest BCUT2D eigenvalue weighted by Crippen LogP contribution is -2.14. The number of carbonyl (C=O) groups is 2. The lowest BCUT2D eigenvalue weighted by molar-refractivity contribution is -0.111. The van der Waals surface area contributed by atoms with Crippen molar-refractivity contribution in [1.29, 1.82) is 0 Å². The van der Waals surface area contributed by atoms with Gasteiger partial charge in [0, 0.05) is 25.3 Å². The van der Waals surface area contributed by atoms with Gasteiger partial charge in [0.15, 0.2) is 0 Å². The van der Waals surface area contributed by atoms with E-state index in [1.807, 2.05) is 0 Å². The van der Waals surface area contributed by atoms with Gasteiger partial charge in [-0.05, 0) is 18.9 Å². The number of hydrogen-bond donors (Lipinski definition) is 4. The second kappa shape index (κ2) is 11.5. The Balaban J connectivity index is 0.000000284. The van der Waals surface area contributed by atoms with Crippen LogP contribution in [-0.2, 0) is 4.79 Å². The first-order chi connectivity index (χ1) is 12.6. The van der Waals surface area contributed by atoms with E-state index in [1.165, 1.54) is 37.6 Å². The summed E-state index contributed by atoms with van der Waals surface area (Å²) in [7, 11) is 1.00. The first-order valence-electron chi connectivity index (χ1n) is 8.07. The van der Waals surface area contributed by atoms with Crippen LogP contribution in [0, 0.1) is 5.92 Å². The number of aldehydes is 1. The SMILES string of the molecule is CO.Nc1nnc(C(=O)Nc2ccc(=O)[nH]c2)o1.O=CC1CCCCC1. The van der Waals surface area contributed by atoms with Crippen LogP contribution in [0.3, 0.4) is 0 Å². The van der Waals surface area contributed by atoms with Crippen molar-refractivity contribution in [1.82, 2.24) is 15.2 Å². The molecule has 1 amide bonds. The van der Waals surface area contributed by atoms with Crippen LogP contribution < -0.4 is 16.6 Å². The summed E-state index contributed by atoms with van der Waals surface area (Å²) in [5, 5.41) is 16.2. The van der Waals surface area contributed by atoms with Crippen LogP contribution in [0.25, 0.3) is 0 Å². The van der Waals surface area contributed by atoms with Gasteiger partial charge in [0.05, 0.1) is 5.69 Å². The summed E-state index contributed by atoms with van der Waals surface area (Å²) >= 11 is 0. The zero-order valence-corrected chi connectivity index (χ0v) is 14.5. The molecule has 0 atom stereocenters. The average molecular weight is 365 g/mol. The summed E-state index contributed by atoms with van der Waals surface area (Å²) in [5.41, 5.74) is 5.30. The lowest BCUT2D eigenvalue weighted by Gasteiger charge is -2.14. The van der Waals surface area contributed by atoms with E-state index in [0.29, 0.717) is 11.6 Å². The fourth-order valence-corrected chi connectivity index (χ4v) is 2.27. The Morgan fingerprint density at radius 2 is 2.00 bits per heavy atom. The van der Waals surface area contributed by atoms with Crippen LogP contribution in [0.4, 0.5) is 11.7 Å². The highest BCUT2D eigenvalue weighted by Crippen LogP contribution is 2.21. The normalized spacial score (nSPS) is 13.5. The fourth-order valence-electron chi connectivity index (χ4n) is 2.27. The van der Waals surface area contributed by atoms with Crippen LogP contribution in [0.1, 0.15) is 42.8 Å². The zero-order valence-electron chi connectivity index (χ0n) is 14.5. The minimum Gasteiger partial charge on any atom is -0.400 e. The van der Waals surface area contributed by atoms with Gasteiger partial charge in [-0.1, -0.05) is 24.4 Å². The molecular weight excluding hydrogens is 342 g/mol.